The Bertz CT molecular complexity index is 657. The fourth-order valence-electron chi connectivity index (χ4n) is 4.99. The third-order valence-corrected chi connectivity index (χ3v) is 8.90. The highest BCUT2D eigenvalue weighted by atomic mass is 32.2. The number of hydrogen-bond acceptors (Lipinski definition) is 3. The van der Waals surface area contributed by atoms with Gasteiger partial charge in [-0.2, -0.15) is 0 Å². The highest BCUT2D eigenvalue weighted by Crippen LogP contribution is 2.37. The van der Waals surface area contributed by atoms with Crippen LogP contribution in [0.15, 0.2) is 17.0 Å². The van der Waals surface area contributed by atoms with Crippen molar-refractivity contribution in [3.05, 3.63) is 28.8 Å². The van der Waals surface area contributed by atoms with Crippen LogP contribution in [0.1, 0.15) is 109 Å². The van der Waals surface area contributed by atoms with Crippen molar-refractivity contribution in [2.24, 2.45) is 5.92 Å². The van der Waals surface area contributed by atoms with Gasteiger partial charge in [0.15, 0.2) is 4.90 Å². The maximum atomic E-state index is 13.9. The van der Waals surface area contributed by atoms with Crippen LogP contribution in [0.2, 0.25) is 0 Å². The highest BCUT2D eigenvalue weighted by Gasteiger charge is 2.35. The minimum atomic E-state index is -1.07. The molecule has 0 amide bonds. The third kappa shape index (κ3) is 5.43. The molecule has 0 aliphatic carbocycles. The molecule has 1 aromatic rings. The highest BCUT2D eigenvalue weighted by molar-refractivity contribution is 7.89. The van der Waals surface area contributed by atoms with Gasteiger partial charge in [-0.3, -0.25) is 0 Å². The lowest BCUT2D eigenvalue weighted by Gasteiger charge is -2.41. The Morgan fingerprint density at radius 3 is 1.73 bits per heavy atom. The summed E-state index contributed by atoms with van der Waals surface area (Å²) in [5.41, 5.74) is 3.95. The summed E-state index contributed by atoms with van der Waals surface area (Å²) in [6, 6.07) is 5.34. The molecule has 4 heteroatoms. The lowest BCUT2D eigenvalue weighted by molar-refractivity contribution is 0.101. The molecule has 0 bridgehead atoms. The molecular formula is C26H44N2OS. The van der Waals surface area contributed by atoms with Crippen LogP contribution in [0.25, 0.3) is 0 Å². The lowest BCUT2D eigenvalue weighted by atomic mass is 9.89. The molecule has 1 aromatic carbocycles. The van der Waals surface area contributed by atoms with Gasteiger partial charge in [0, 0.05) is 30.3 Å². The summed E-state index contributed by atoms with van der Waals surface area (Å²) in [4.78, 5) is 3.81. The van der Waals surface area contributed by atoms with Crippen LogP contribution >= 0.6 is 0 Å². The Hall–Kier alpha value is -0.550. The second-order valence-corrected chi connectivity index (χ2v) is 12.0. The van der Waals surface area contributed by atoms with Crippen LogP contribution in [0.4, 0.5) is 0 Å². The van der Waals surface area contributed by atoms with E-state index < -0.39 is 11.4 Å². The van der Waals surface area contributed by atoms with E-state index in [1.54, 1.807) is 0 Å². The van der Waals surface area contributed by atoms with E-state index in [-0.39, 0.29) is 0 Å². The predicted molar refractivity (Wildman–Crippen MR) is 130 cm³/mol. The molecule has 0 spiro atoms. The molecule has 2 heterocycles. The number of piperidine rings is 2. The van der Waals surface area contributed by atoms with E-state index in [1.807, 2.05) is 0 Å². The standard InChI is InChI=1S/C26H44N2OS/c1-18(2)22-16-24(19(3)4)26(25(17-22)20(5)6)30(29)28-14-10-23(11-15-28)27-12-8-21(7)9-13-27/h16-21,23H,8-15H2,1-7H3. The average Bonchev–Trinajstić information content (AvgIpc) is 2.72. The van der Waals surface area contributed by atoms with Crippen LogP contribution < -0.4 is 0 Å². The maximum absolute atomic E-state index is 13.9. The summed E-state index contributed by atoms with van der Waals surface area (Å²) in [5, 5.41) is 0. The molecule has 1 atom stereocenters. The van der Waals surface area contributed by atoms with Crippen molar-refractivity contribution in [2.45, 2.75) is 103 Å². The minimum absolute atomic E-state index is 0.382. The van der Waals surface area contributed by atoms with Crippen molar-refractivity contribution in [1.82, 2.24) is 9.21 Å². The Kier molecular flexibility index (Phi) is 8.34. The van der Waals surface area contributed by atoms with Gasteiger partial charge in [0.05, 0.1) is 11.4 Å². The SMILES string of the molecule is CC1CCN(C2CCN([S+]([O-])c3c(C(C)C)cc(C(C)C)cc3C(C)C)CC2)CC1. The van der Waals surface area contributed by atoms with Crippen LogP contribution in [-0.4, -0.2) is 46.0 Å². The van der Waals surface area contributed by atoms with Gasteiger partial charge < -0.3 is 9.45 Å². The molecule has 3 rings (SSSR count). The quantitative estimate of drug-likeness (QED) is 0.496. The summed E-state index contributed by atoms with van der Waals surface area (Å²) < 4.78 is 16.1. The first-order valence-corrected chi connectivity index (χ1v) is 13.4. The summed E-state index contributed by atoms with van der Waals surface area (Å²) in [7, 11) is 0. The molecule has 0 saturated carbocycles. The Morgan fingerprint density at radius 1 is 0.800 bits per heavy atom. The monoisotopic (exact) mass is 432 g/mol. The van der Waals surface area contributed by atoms with E-state index in [0.717, 1.165) is 36.7 Å². The van der Waals surface area contributed by atoms with Crippen LogP contribution in [0.3, 0.4) is 0 Å². The van der Waals surface area contributed by atoms with E-state index in [9.17, 15) is 4.55 Å². The number of hydrogen-bond donors (Lipinski definition) is 0. The first kappa shape index (κ1) is 24.1. The first-order chi connectivity index (χ1) is 14.2. The Balaban J connectivity index is 1.78. The van der Waals surface area contributed by atoms with E-state index >= 15 is 0 Å². The number of rotatable bonds is 6. The molecule has 2 fully saturated rings. The summed E-state index contributed by atoms with van der Waals surface area (Å²) in [6.07, 6.45) is 4.98. The first-order valence-electron chi connectivity index (χ1n) is 12.3. The van der Waals surface area contributed by atoms with Crippen molar-refractivity contribution in [3.63, 3.8) is 0 Å². The summed E-state index contributed by atoms with van der Waals surface area (Å²) in [5.74, 6) is 2.14. The zero-order chi connectivity index (χ0) is 22.0. The molecule has 2 saturated heterocycles. The molecule has 0 radical (unpaired) electrons. The summed E-state index contributed by atoms with van der Waals surface area (Å²) in [6.45, 7) is 20.3. The molecule has 170 valence electrons. The van der Waals surface area contributed by atoms with Crippen LogP contribution in [-0.2, 0) is 11.4 Å². The fraction of sp³-hybridized carbons (Fsp3) is 0.769. The number of nitrogens with zero attached hydrogens (tertiary/aromatic N) is 2. The van der Waals surface area contributed by atoms with Crippen LogP contribution in [0.5, 0.6) is 0 Å². The Morgan fingerprint density at radius 2 is 1.30 bits per heavy atom. The maximum Gasteiger partial charge on any atom is 0.181 e. The van der Waals surface area contributed by atoms with Gasteiger partial charge in [-0.05, 0) is 68.0 Å². The van der Waals surface area contributed by atoms with E-state index in [1.165, 1.54) is 42.6 Å². The van der Waals surface area contributed by atoms with E-state index in [0.29, 0.717) is 23.8 Å². The predicted octanol–water partition coefficient (Wildman–Crippen LogP) is 6.28. The second kappa shape index (κ2) is 10.4. The molecule has 0 aromatic heterocycles. The molecule has 1 unspecified atom stereocenters. The van der Waals surface area contributed by atoms with Crippen molar-refractivity contribution in [2.75, 3.05) is 26.2 Å². The smallest absolute Gasteiger partial charge is 0.181 e. The molecular weight excluding hydrogens is 388 g/mol. The third-order valence-electron chi connectivity index (χ3n) is 7.25. The van der Waals surface area contributed by atoms with Gasteiger partial charge in [-0.25, -0.2) is 0 Å². The van der Waals surface area contributed by atoms with Gasteiger partial charge >= 0.3 is 0 Å². The molecule has 2 aliphatic rings. The molecule has 0 N–H and O–H groups in total. The van der Waals surface area contributed by atoms with Gasteiger partial charge in [0.1, 0.15) is 0 Å². The van der Waals surface area contributed by atoms with Crippen molar-refractivity contribution < 1.29 is 4.55 Å². The van der Waals surface area contributed by atoms with Crippen molar-refractivity contribution in [3.8, 4) is 0 Å². The normalized spacial score (nSPS) is 21.8. The zero-order valence-corrected chi connectivity index (χ0v) is 21.2. The van der Waals surface area contributed by atoms with E-state index in [4.69, 9.17) is 0 Å². The Labute approximate surface area is 188 Å². The van der Waals surface area contributed by atoms with E-state index in [2.05, 4.69) is 69.8 Å². The van der Waals surface area contributed by atoms with Gasteiger partial charge in [0.25, 0.3) is 0 Å². The second-order valence-electron chi connectivity index (χ2n) is 10.6. The fourth-order valence-corrected chi connectivity index (χ4v) is 6.78. The van der Waals surface area contributed by atoms with Crippen molar-refractivity contribution >= 4 is 11.4 Å². The van der Waals surface area contributed by atoms with Gasteiger partial charge in [-0.15, -0.1) is 4.31 Å². The average molecular weight is 433 g/mol. The van der Waals surface area contributed by atoms with Gasteiger partial charge in [0.2, 0.25) is 0 Å². The zero-order valence-electron chi connectivity index (χ0n) is 20.4. The molecule has 3 nitrogen and oxygen atoms in total. The van der Waals surface area contributed by atoms with Crippen LogP contribution in [0, 0.1) is 5.92 Å². The van der Waals surface area contributed by atoms with Crippen molar-refractivity contribution in [1.29, 1.82) is 0 Å². The van der Waals surface area contributed by atoms with Gasteiger partial charge in [-0.1, -0.05) is 60.6 Å². The topological polar surface area (TPSA) is 29.5 Å². The largest absolute Gasteiger partial charge is 0.593 e. The molecule has 30 heavy (non-hydrogen) atoms. The number of likely N-dealkylation sites (tertiary alicyclic amines) is 1. The lowest BCUT2D eigenvalue weighted by Crippen LogP contribution is -2.49. The summed E-state index contributed by atoms with van der Waals surface area (Å²) >= 11 is -1.07. The minimum Gasteiger partial charge on any atom is -0.593 e. The molecule has 2 aliphatic heterocycles. The number of benzene rings is 1.